The van der Waals surface area contributed by atoms with Gasteiger partial charge in [0.05, 0.1) is 5.02 Å². The molecular weight excluding hydrogens is 208 g/mol. The Bertz CT molecular complexity index is 335. The molecule has 1 rings (SSSR count). The second kappa shape index (κ2) is 4.89. The number of benzene rings is 1. The van der Waals surface area contributed by atoms with Crippen molar-refractivity contribution in [3.8, 4) is 5.75 Å². The lowest BCUT2D eigenvalue weighted by Gasteiger charge is -2.28. The van der Waals surface area contributed by atoms with Gasteiger partial charge in [0.2, 0.25) is 0 Å². The minimum absolute atomic E-state index is 0.162. The molecule has 1 nitrogen and oxygen atoms in total. The van der Waals surface area contributed by atoms with Crippen molar-refractivity contribution in [3.05, 3.63) is 28.8 Å². The zero-order chi connectivity index (χ0) is 11.5. The van der Waals surface area contributed by atoms with Crippen molar-refractivity contribution in [2.75, 3.05) is 0 Å². The molecule has 0 fully saturated rings. The molecule has 1 atom stereocenters. The highest BCUT2D eigenvalue weighted by Gasteiger charge is 2.23. The molecule has 1 N–H and O–H groups in total. The standard InChI is InChI=1S/C13H19ClO/c1-4-8-13(3,5-2)10-6-7-12(15)11(14)9-10/h6-7,9,15H,4-5,8H2,1-3H3. The summed E-state index contributed by atoms with van der Waals surface area (Å²) < 4.78 is 0. The van der Waals surface area contributed by atoms with Gasteiger partial charge in [0.1, 0.15) is 5.75 Å². The molecule has 0 bridgehead atoms. The van der Waals surface area contributed by atoms with Gasteiger partial charge in [-0.15, -0.1) is 0 Å². The van der Waals surface area contributed by atoms with E-state index in [0.717, 1.165) is 19.3 Å². The maximum atomic E-state index is 9.38. The number of phenolic OH excluding ortho intramolecular Hbond substituents is 1. The highest BCUT2D eigenvalue weighted by Crippen LogP contribution is 2.36. The Labute approximate surface area is 97.1 Å². The molecule has 0 aliphatic carbocycles. The first-order valence-corrected chi connectivity index (χ1v) is 5.90. The van der Waals surface area contributed by atoms with Crippen LogP contribution in [-0.4, -0.2) is 5.11 Å². The van der Waals surface area contributed by atoms with E-state index in [1.807, 2.05) is 12.1 Å². The van der Waals surface area contributed by atoms with Crippen LogP contribution in [0.5, 0.6) is 5.75 Å². The predicted molar refractivity (Wildman–Crippen MR) is 65.7 cm³/mol. The summed E-state index contributed by atoms with van der Waals surface area (Å²) in [5, 5.41) is 9.83. The third kappa shape index (κ3) is 2.66. The van der Waals surface area contributed by atoms with E-state index in [9.17, 15) is 5.11 Å². The van der Waals surface area contributed by atoms with Crippen LogP contribution >= 0.6 is 11.6 Å². The molecule has 84 valence electrons. The molecule has 1 unspecified atom stereocenters. The maximum Gasteiger partial charge on any atom is 0.134 e. The summed E-state index contributed by atoms with van der Waals surface area (Å²) in [7, 11) is 0. The molecule has 0 aromatic heterocycles. The third-order valence-electron chi connectivity index (χ3n) is 3.23. The second-order valence-electron chi connectivity index (χ2n) is 4.33. The first-order chi connectivity index (χ1) is 7.03. The van der Waals surface area contributed by atoms with Crippen LogP contribution in [0.15, 0.2) is 18.2 Å². The fraction of sp³-hybridized carbons (Fsp3) is 0.538. The molecule has 0 heterocycles. The fourth-order valence-electron chi connectivity index (χ4n) is 1.96. The van der Waals surface area contributed by atoms with Crippen molar-refractivity contribution in [1.29, 1.82) is 0 Å². The van der Waals surface area contributed by atoms with Crippen LogP contribution < -0.4 is 0 Å². The molecule has 0 radical (unpaired) electrons. The number of aromatic hydroxyl groups is 1. The van der Waals surface area contributed by atoms with E-state index < -0.39 is 0 Å². The smallest absolute Gasteiger partial charge is 0.134 e. The highest BCUT2D eigenvalue weighted by molar-refractivity contribution is 6.32. The Morgan fingerprint density at radius 3 is 2.47 bits per heavy atom. The van der Waals surface area contributed by atoms with E-state index in [1.54, 1.807) is 6.07 Å². The van der Waals surface area contributed by atoms with Crippen LogP contribution in [0, 0.1) is 0 Å². The van der Waals surface area contributed by atoms with Crippen molar-refractivity contribution >= 4 is 11.6 Å². The third-order valence-corrected chi connectivity index (χ3v) is 3.53. The van der Waals surface area contributed by atoms with Gasteiger partial charge in [-0.2, -0.15) is 0 Å². The van der Waals surface area contributed by atoms with Gasteiger partial charge in [-0.3, -0.25) is 0 Å². The Balaban J connectivity index is 3.07. The highest BCUT2D eigenvalue weighted by atomic mass is 35.5. The van der Waals surface area contributed by atoms with Gasteiger partial charge in [-0.25, -0.2) is 0 Å². The van der Waals surface area contributed by atoms with Gasteiger partial charge >= 0.3 is 0 Å². The molecule has 0 spiro atoms. The summed E-state index contributed by atoms with van der Waals surface area (Å²) >= 11 is 5.93. The molecular formula is C13H19ClO. The molecule has 1 aromatic rings. The second-order valence-corrected chi connectivity index (χ2v) is 4.74. The van der Waals surface area contributed by atoms with Crippen LogP contribution in [-0.2, 0) is 5.41 Å². The van der Waals surface area contributed by atoms with Gasteiger partial charge < -0.3 is 5.11 Å². The number of rotatable bonds is 4. The van der Waals surface area contributed by atoms with E-state index in [-0.39, 0.29) is 11.2 Å². The van der Waals surface area contributed by atoms with E-state index in [2.05, 4.69) is 20.8 Å². The first kappa shape index (κ1) is 12.4. The fourth-order valence-corrected chi connectivity index (χ4v) is 2.14. The van der Waals surface area contributed by atoms with Gasteiger partial charge in [0.25, 0.3) is 0 Å². The molecule has 1 aromatic carbocycles. The normalized spacial score (nSPS) is 14.9. The van der Waals surface area contributed by atoms with Crippen molar-refractivity contribution < 1.29 is 5.11 Å². The zero-order valence-corrected chi connectivity index (χ0v) is 10.4. The molecule has 0 aliphatic heterocycles. The summed E-state index contributed by atoms with van der Waals surface area (Å²) in [6.45, 7) is 6.63. The van der Waals surface area contributed by atoms with Crippen molar-refractivity contribution in [2.24, 2.45) is 0 Å². The average molecular weight is 227 g/mol. The van der Waals surface area contributed by atoms with E-state index in [1.165, 1.54) is 5.56 Å². The van der Waals surface area contributed by atoms with Crippen LogP contribution in [0.25, 0.3) is 0 Å². The van der Waals surface area contributed by atoms with Crippen molar-refractivity contribution in [2.45, 2.75) is 45.4 Å². The lowest BCUT2D eigenvalue weighted by Crippen LogP contribution is -2.20. The van der Waals surface area contributed by atoms with E-state index in [4.69, 9.17) is 11.6 Å². The van der Waals surface area contributed by atoms with Gasteiger partial charge in [-0.1, -0.05) is 44.9 Å². The van der Waals surface area contributed by atoms with Crippen LogP contribution in [0.4, 0.5) is 0 Å². The lowest BCUT2D eigenvalue weighted by atomic mass is 9.76. The Morgan fingerprint density at radius 2 is 2.00 bits per heavy atom. The molecule has 15 heavy (non-hydrogen) atoms. The molecule has 2 heteroatoms. The predicted octanol–water partition coefficient (Wildman–Crippen LogP) is 4.51. The van der Waals surface area contributed by atoms with Gasteiger partial charge in [0.15, 0.2) is 0 Å². The minimum Gasteiger partial charge on any atom is -0.506 e. The summed E-state index contributed by atoms with van der Waals surface area (Å²) in [5.74, 6) is 0.162. The molecule has 0 aliphatic rings. The summed E-state index contributed by atoms with van der Waals surface area (Å²) in [5.41, 5.74) is 1.39. The van der Waals surface area contributed by atoms with E-state index in [0.29, 0.717) is 5.02 Å². The Morgan fingerprint density at radius 1 is 1.33 bits per heavy atom. The minimum atomic E-state index is 0.162. The Kier molecular flexibility index (Phi) is 4.04. The summed E-state index contributed by atoms with van der Waals surface area (Å²) in [6, 6.07) is 5.54. The van der Waals surface area contributed by atoms with Crippen molar-refractivity contribution in [1.82, 2.24) is 0 Å². The summed E-state index contributed by atoms with van der Waals surface area (Å²) in [6.07, 6.45) is 3.38. The first-order valence-electron chi connectivity index (χ1n) is 5.52. The SMILES string of the molecule is CCCC(C)(CC)c1ccc(O)c(Cl)c1. The van der Waals surface area contributed by atoms with Crippen LogP contribution in [0.1, 0.15) is 45.6 Å². The maximum absolute atomic E-state index is 9.38. The largest absolute Gasteiger partial charge is 0.506 e. The van der Waals surface area contributed by atoms with Gasteiger partial charge in [0, 0.05) is 0 Å². The quantitative estimate of drug-likeness (QED) is 0.801. The Hall–Kier alpha value is -0.690. The lowest BCUT2D eigenvalue weighted by molar-refractivity contribution is 0.412. The van der Waals surface area contributed by atoms with E-state index >= 15 is 0 Å². The van der Waals surface area contributed by atoms with Crippen LogP contribution in [0.2, 0.25) is 5.02 Å². The van der Waals surface area contributed by atoms with Crippen molar-refractivity contribution in [3.63, 3.8) is 0 Å². The number of halogens is 1. The van der Waals surface area contributed by atoms with Gasteiger partial charge in [-0.05, 0) is 36.0 Å². The summed E-state index contributed by atoms with van der Waals surface area (Å²) in [4.78, 5) is 0. The number of phenols is 1. The zero-order valence-electron chi connectivity index (χ0n) is 9.68. The number of hydrogen-bond donors (Lipinski definition) is 1. The average Bonchev–Trinajstić information content (AvgIpc) is 2.22. The molecule has 0 saturated heterocycles. The van der Waals surface area contributed by atoms with Crippen LogP contribution in [0.3, 0.4) is 0 Å². The molecule has 0 amide bonds. The molecule has 0 saturated carbocycles. The monoisotopic (exact) mass is 226 g/mol. The number of hydrogen-bond acceptors (Lipinski definition) is 1. The topological polar surface area (TPSA) is 20.2 Å².